The number of ether oxygens (including phenoxy) is 4. The monoisotopic (exact) mass is 486 g/mol. The molecule has 0 unspecified atom stereocenters. The largest absolute Gasteiger partial charge is 0.486 e. The molecule has 0 aliphatic carbocycles. The van der Waals surface area contributed by atoms with E-state index >= 15 is 0 Å². The lowest BCUT2D eigenvalue weighted by molar-refractivity contribution is -0.133. The van der Waals surface area contributed by atoms with E-state index in [9.17, 15) is 9.59 Å². The number of likely N-dealkylation sites (N-methyl/N-ethyl adjacent to an activating group) is 1. The molecule has 0 radical (unpaired) electrons. The van der Waals surface area contributed by atoms with Crippen LogP contribution in [0.25, 0.3) is 6.08 Å². The van der Waals surface area contributed by atoms with Crippen molar-refractivity contribution >= 4 is 23.6 Å². The van der Waals surface area contributed by atoms with E-state index in [2.05, 4.69) is 5.32 Å². The Kier molecular flexibility index (Phi) is 6.49. The van der Waals surface area contributed by atoms with E-state index < -0.39 is 6.04 Å². The summed E-state index contributed by atoms with van der Waals surface area (Å²) in [5, 5.41) is 2.92. The summed E-state index contributed by atoms with van der Waals surface area (Å²) in [5.41, 5.74) is 3.09. The molecule has 2 aliphatic rings. The molecule has 2 aliphatic heterocycles. The van der Waals surface area contributed by atoms with Crippen molar-refractivity contribution in [2.45, 2.75) is 13.0 Å². The van der Waals surface area contributed by atoms with Gasteiger partial charge in [0.15, 0.2) is 23.0 Å². The van der Waals surface area contributed by atoms with Gasteiger partial charge in [-0.3, -0.25) is 9.59 Å². The lowest BCUT2D eigenvalue weighted by atomic mass is 10.0. The standard InChI is InChI=1S/C28H26N2O6/c1-18-3-7-20(8-4-18)27(28(32)29-21-9-11-22-25(16-21)34-14-13-33-22)30(2)26(31)12-6-19-5-10-23-24(15-19)36-17-35-23/h3-12,15-16,27H,13-14,17H2,1-2H3,(H,29,32)/b12-6-/t27-/m1/s1. The van der Waals surface area contributed by atoms with Crippen molar-refractivity contribution in [1.29, 1.82) is 0 Å². The summed E-state index contributed by atoms with van der Waals surface area (Å²) in [7, 11) is 1.61. The number of hydrogen-bond donors (Lipinski definition) is 1. The second kappa shape index (κ2) is 10.0. The fourth-order valence-corrected chi connectivity index (χ4v) is 4.06. The van der Waals surface area contributed by atoms with Gasteiger partial charge in [0.1, 0.15) is 19.3 Å². The van der Waals surface area contributed by atoms with E-state index in [4.69, 9.17) is 18.9 Å². The highest BCUT2D eigenvalue weighted by Gasteiger charge is 2.28. The molecule has 8 nitrogen and oxygen atoms in total. The lowest BCUT2D eigenvalue weighted by Crippen LogP contribution is -2.38. The minimum atomic E-state index is -0.854. The van der Waals surface area contributed by atoms with Crippen LogP contribution >= 0.6 is 0 Å². The molecule has 8 heteroatoms. The molecule has 36 heavy (non-hydrogen) atoms. The van der Waals surface area contributed by atoms with Gasteiger partial charge in [-0.2, -0.15) is 0 Å². The second-order valence-electron chi connectivity index (χ2n) is 8.56. The topological polar surface area (TPSA) is 86.3 Å². The van der Waals surface area contributed by atoms with Gasteiger partial charge in [0.05, 0.1) is 0 Å². The fourth-order valence-electron chi connectivity index (χ4n) is 4.06. The van der Waals surface area contributed by atoms with E-state index in [1.54, 1.807) is 43.5 Å². The Morgan fingerprint density at radius 1 is 0.861 bits per heavy atom. The maximum Gasteiger partial charge on any atom is 0.251 e. The van der Waals surface area contributed by atoms with Gasteiger partial charge in [0, 0.05) is 24.9 Å². The number of rotatable bonds is 6. The number of fused-ring (bicyclic) bond motifs is 2. The van der Waals surface area contributed by atoms with Crippen LogP contribution in [-0.4, -0.2) is 43.8 Å². The van der Waals surface area contributed by atoms with Crippen molar-refractivity contribution < 1.29 is 28.5 Å². The van der Waals surface area contributed by atoms with Crippen molar-refractivity contribution in [3.8, 4) is 23.0 Å². The smallest absolute Gasteiger partial charge is 0.251 e. The Labute approximate surface area is 209 Å². The molecule has 0 aromatic heterocycles. The van der Waals surface area contributed by atoms with Crippen LogP contribution in [0.1, 0.15) is 22.7 Å². The predicted octanol–water partition coefficient (Wildman–Crippen LogP) is 4.35. The Hall–Kier alpha value is -4.46. The van der Waals surface area contributed by atoms with Crippen LogP contribution in [-0.2, 0) is 9.59 Å². The summed E-state index contributed by atoms with van der Waals surface area (Å²) < 4.78 is 21.9. The molecule has 0 bridgehead atoms. The summed E-state index contributed by atoms with van der Waals surface area (Å²) in [6.45, 7) is 3.09. The summed E-state index contributed by atoms with van der Waals surface area (Å²) in [6, 6.07) is 17.4. The SMILES string of the molecule is Cc1ccc([C@H](C(=O)Nc2ccc3c(c2)OCCO3)N(C)C(=O)/C=C\c2ccc3c(c2)OCO3)cc1. The second-order valence-corrected chi connectivity index (χ2v) is 8.56. The average molecular weight is 487 g/mol. The summed E-state index contributed by atoms with van der Waals surface area (Å²) in [5.74, 6) is 1.84. The van der Waals surface area contributed by atoms with Crippen molar-refractivity contribution in [3.63, 3.8) is 0 Å². The van der Waals surface area contributed by atoms with Gasteiger partial charge in [-0.1, -0.05) is 35.9 Å². The highest BCUT2D eigenvalue weighted by molar-refractivity contribution is 6.00. The summed E-state index contributed by atoms with van der Waals surface area (Å²) >= 11 is 0. The third-order valence-electron chi connectivity index (χ3n) is 6.00. The molecular formula is C28H26N2O6. The van der Waals surface area contributed by atoms with Crippen molar-refractivity contribution in [3.05, 3.63) is 83.4 Å². The van der Waals surface area contributed by atoms with Crippen molar-refractivity contribution in [2.24, 2.45) is 0 Å². The molecule has 1 N–H and O–H groups in total. The zero-order chi connectivity index (χ0) is 25.1. The molecule has 2 amide bonds. The van der Waals surface area contributed by atoms with Gasteiger partial charge in [-0.15, -0.1) is 0 Å². The zero-order valence-electron chi connectivity index (χ0n) is 20.0. The first kappa shape index (κ1) is 23.3. The molecule has 1 atom stereocenters. The first-order valence-electron chi connectivity index (χ1n) is 11.6. The Morgan fingerprint density at radius 3 is 2.33 bits per heavy atom. The van der Waals surface area contributed by atoms with E-state index in [-0.39, 0.29) is 18.6 Å². The van der Waals surface area contributed by atoms with Crippen molar-refractivity contribution in [2.75, 3.05) is 32.4 Å². The average Bonchev–Trinajstić information content (AvgIpc) is 3.36. The Bertz CT molecular complexity index is 1320. The maximum absolute atomic E-state index is 13.5. The first-order chi connectivity index (χ1) is 17.5. The summed E-state index contributed by atoms with van der Waals surface area (Å²) in [4.78, 5) is 28.0. The van der Waals surface area contributed by atoms with Crippen LogP contribution in [0, 0.1) is 6.92 Å². The summed E-state index contributed by atoms with van der Waals surface area (Å²) in [6.07, 6.45) is 3.13. The Balaban J connectivity index is 1.37. The molecule has 3 aromatic rings. The quantitative estimate of drug-likeness (QED) is 0.522. The molecule has 0 saturated carbocycles. The number of hydrogen-bond acceptors (Lipinski definition) is 6. The number of carbonyl (C=O) groups excluding carboxylic acids is 2. The molecule has 5 rings (SSSR count). The first-order valence-corrected chi connectivity index (χ1v) is 11.6. The van der Waals surface area contributed by atoms with Gasteiger partial charge >= 0.3 is 0 Å². The molecule has 0 saturated heterocycles. The van der Waals surface area contributed by atoms with Gasteiger partial charge in [-0.25, -0.2) is 0 Å². The molecule has 0 spiro atoms. The molecular weight excluding hydrogens is 460 g/mol. The van der Waals surface area contributed by atoms with Crippen LogP contribution in [0.2, 0.25) is 0 Å². The number of carbonyl (C=O) groups is 2. The highest BCUT2D eigenvalue weighted by atomic mass is 16.7. The molecule has 0 fully saturated rings. The number of amides is 2. The third-order valence-corrected chi connectivity index (χ3v) is 6.00. The maximum atomic E-state index is 13.5. The minimum absolute atomic E-state index is 0.181. The highest BCUT2D eigenvalue weighted by Crippen LogP contribution is 2.34. The fraction of sp³-hybridized carbons (Fsp3) is 0.214. The molecule has 184 valence electrons. The number of nitrogens with one attached hydrogen (secondary N) is 1. The molecule has 2 heterocycles. The lowest BCUT2D eigenvalue weighted by Gasteiger charge is -2.27. The molecule has 3 aromatic carbocycles. The van der Waals surface area contributed by atoms with Crippen LogP contribution in [0.5, 0.6) is 23.0 Å². The van der Waals surface area contributed by atoms with Gasteiger partial charge in [0.25, 0.3) is 5.91 Å². The minimum Gasteiger partial charge on any atom is -0.486 e. The number of benzene rings is 3. The number of anilines is 1. The van der Waals surface area contributed by atoms with Gasteiger partial charge in [0.2, 0.25) is 12.7 Å². The van der Waals surface area contributed by atoms with Gasteiger partial charge < -0.3 is 29.2 Å². The van der Waals surface area contributed by atoms with E-state index in [1.807, 2.05) is 37.3 Å². The van der Waals surface area contributed by atoms with Gasteiger partial charge in [-0.05, 0) is 48.4 Å². The van der Waals surface area contributed by atoms with Crippen LogP contribution in [0.4, 0.5) is 5.69 Å². The van der Waals surface area contributed by atoms with Crippen molar-refractivity contribution in [1.82, 2.24) is 4.90 Å². The van der Waals surface area contributed by atoms with Crippen LogP contribution in [0.15, 0.2) is 66.7 Å². The number of nitrogens with zero attached hydrogens (tertiary/aromatic N) is 1. The van der Waals surface area contributed by atoms with E-state index in [0.29, 0.717) is 47.5 Å². The van der Waals surface area contributed by atoms with E-state index in [1.165, 1.54) is 11.0 Å². The normalized spacial score (nSPS) is 14.4. The zero-order valence-corrected chi connectivity index (χ0v) is 20.0. The number of aryl methyl sites for hydroxylation is 1. The van der Waals surface area contributed by atoms with Crippen LogP contribution < -0.4 is 24.3 Å². The van der Waals surface area contributed by atoms with Crippen LogP contribution in [0.3, 0.4) is 0 Å². The Morgan fingerprint density at radius 2 is 1.53 bits per heavy atom. The third kappa shape index (κ3) is 4.98. The van der Waals surface area contributed by atoms with E-state index in [0.717, 1.165) is 11.1 Å². The predicted molar refractivity (Wildman–Crippen MR) is 134 cm³/mol.